The van der Waals surface area contributed by atoms with E-state index in [2.05, 4.69) is 20.1 Å². The summed E-state index contributed by atoms with van der Waals surface area (Å²) < 4.78 is 28.3. The minimum Gasteiger partial charge on any atom is -0.507 e. The van der Waals surface area contributed by atoms with Gasteiger partial charge < -0.3 is 10.0 Å². The Hall–Kier alpha value is -3.85. The van der Waals surface area contributed by atoms with Crippen molar-refractivity contribution in [1.82, 2.24) is 5.43 Å². The Balaban J connectivity index is 1.71. The van der Waals surface area contributed by atoms with Crippen LogP contribution in [0.4, 0.5) is 11.4 Å². The minimum atomic E-state index is -3.89. The Morgan fingerprint density at radius 2 is 1.77 bits per heavy atom. The third-order valence-electron chi connectivity index (χ3n) is 5.55. The highest BCUT2D eigenvalue weighted by molar-refractivity contribution is 7.92. The molecule has 35 heavy (non-hydrogen) atoms. The van der Waals surface area contributed by atoms with E-state index in [0.29, 0.717) is 11.3 Å². The van der Waals surface area contributed by atoms with Gasteiger partial charge in [0.05, 0.1) is 16.8 Å². The molecule has 0 spiro atoms. The first-order valence-electron chi connectivity index (χ1n) is 11.3. The summed E-state index contributed by atoms with van der Waals surface area (Å²) >= 11 is 0. The van der Waals surface area contributed by atoms with Crippen LogP contribution in [0, 0.1) is 13.8 Å². The van der Waals surface area contributed by atoms with Crippen molar-refractivity contribution in [2.24, 2.45) is 5.10 Å². The molecule has 0 fully saturated rings. The first-order valence-corrected chi connectivity index (χ1v) is 12.7. The lowest BCUT2D eigenvalue weighted by molar-refractivity contribution is 0.0955. The number of hydrazone groups is 1. The normalized spacial score (nSPS) is 11.4. The number of carbonyl (C=O) groups is 1. The minimum absolute atomic E-state index is 0.0398. The van der Waals surface area contributed by atoms with Crippen molar-refractivity contribution in [1.29, 1.82) is 0 Å². The average Bonchev–Trinajstić information content (AvgIpc) is 2.83. The third-order valence-corrected chi connectivity index (χ3v) is 6.91. The molecule has 3 aromatic rings. The Bertz CT molecular complexity index is 1350. The van der Waals surface area contributed by atoms with Crippen LogP contribution in [0.1, 0.15) is 40.9 Å². The predicted octanol–water partition coefficient (Wildman–Crippen LogP) is 4.42. The van der Waals surface area contributed by atoms with Crippen molar-refractivity contribution in [3.8, 4) is 5.75 Å². The van der Waals surface area contributed by atoms with Crippen molar-refractivity contribution < 1.29 is 18.3 Å². The molecule has 0 heterocycles. The Morgan fingerprint density at radius 3 is 2.43 bits per heavy atom. The van der Waals surface area contributed by atoms with Crippen LogP contribution in [-0.2, 0) is 10.0 Å². The molecular weight excluding hydrogens is 464 g/mol. The molecule has 0 atom stereocenters. The molecule has 0 radical (unpaired) electrons. The molecule has 1 amide bonds. The van der Waals surface area contributed by atoms with Crippen LogP contribution in [0.15, 0.2) is 70.7 Å². The van der Waals surface area contributed by atoms with Gasteiger partial charge in [-0.1, -0.05) is 23.8 Å². The molecular formula is C26H30N4O4S. The molecule has 0 bridgehead atoms. The molecule has 8 nitrogen and oxygen atoms in total. The first-order chi connectivity index (χ1) is 16.6. The van der Waals surface area contributed by atoms with E-state index in [9.17, 15) is 18.3 Å². The third kappa shape index (κ3) is 6.39. The smallest absolute Gasteiger partial charge is 0.271 e. The quantitative estimate of drug-likeness (QED) is 0.301. The van der Waals surface area contributed by atoms with Gasteiger partial charge in [-0.25, -0.2) is 13.8 Å². The van der Waals surface area contributed by atoms with Gasteiger partial charge in [0.15, 0.2) is 0 Å². The number of rotatable bonds is 9. The van der Waals surface area contributed by atoms with Gasteiger partial charge in [0, 0.05) is 36.0 Å². The van der Waals surface area contributed by atoms with Crippen LogP contribution in [0.25, 0.3) is 0 Å². The van der Waals surface area contributed by atoms with Crippen LogP contribution < -0.4 is 15.0 Å². The fourth-order valence-electron chi connectivity index (χ4n) is 3.59. The SMILES string of the molecule is CCN(CC)c1ccc(/C=N/NC(=O)c2cccc(S(=O)(=O)Nc3ccc(C)cc3C)c2)c(O)c1. The molecule has 0 aromatic heterocycles. The maximum absolute atomic E-state index is 12.9. The summed E-state index contributed by atoms with van der Waals surface area (Å²) in [6.45, 7) is 9.44. The standard InChI is InChI=1S/C26H30N4O4S/c1-5-30(6-2)22-12-11-21(25(31)16-22)17-27-28-26(32)20-8-7-9-23(15-20)35(33,34)29-24-13-10-18(3)14-19(24)4/h7-17,29,31H,5-6H2,1-4H3,(H,28,32)/b27-17+. The summed E-state index contributed by atoms with van der Waals surface area (Å²) in [7, 11) is -3.89. The Morgan fingerprint density at radius 1 is 1.03 bits per heavy atom. The van der Waals surface area contributed by atoms with E-state index in [1.54, 1.807) is 18.2 Å². The van der Waals surface area contributed by atoms with Gasteiger partial charge in [-0.2, -0.15) is 5.10 Å². The number of nitrogens with zero attached hydrogens (tertiary/aromatic N) is 2. The molecule has 0 aliphatic heterocycles. The molecule has 0 saturated heterocycles. The van der Waals surface area contributed by atoms with Gasteiger partial charge in [0.2, 0.25) is 0 Å². The zero-order valence-electron chi connectivity index (χ0n) is 20.2. The van der Waals surface area contributed by atoms with E-state index < -0.39 is 15.9 Å². The number of sulfonamides is 1. The van der Waals surface area contributed by atoms with E-state index in [-0.39, 0.29) is 16.2 Å². The number of aryl methyl sites for hydroxylation is 2. The molecule has 184 valence electrons. The van der Waals surface area contributed by atoms with Crippen molar-refractivity contribution in [2.45, 2.75) is 32.6 Å². The summed E-state index contributed by atoms with van der Waals surface area (Å²) in [5.74, 6) is -0.540. The van der Waals surface area contributed by atoms with Crippen molar-refractivity contribution in [3.05, 3.63) is 82.9 Å². The van der Waals surface area contributed by atoms with E-state index in [1.165, 1.54) is 30.5 Å². The number of phenolic OH excluding ortho intramolecular Hbond substituents is 1. The lowest BCUT2D eigenvalue weighted by Crippen LogP contribution is -2.21. The van der Waals surface area contributed by atoms with E-state index >= 15 is 0 Å². The largest absolute Gasteiger partial charge is 0.507 e. The molecule has 3 aromatic carbocycles. The average molecular weight is 495 g/mol. The maximum Gasteiger partial charge on any atom is 0.271 e. The summed E-state index contributed by atoms with van der Waals surface area (Å²) in [6.07, 6.45) is 1.33. The summed E-state index contributed by atoms with van der Waals surface area (Å²) in [5.41, 5.74) is 6.13. The Kier molecular flexibility index (Phi) is 8.14. The number of nitrogens with one attached hydrogen (secondary N) is 2. The van der Waals surface area contributed by atoms with Crippen molar-refractivity contribution >= 4 is 33.5 Å². The zero-order chi connectivity index (χ0) is 25.6. The highest BCUT2D eigenvalue weighted by Gasteiger charge is 2.17. The fourth-order valence-corrected chi connectivity index (χ4v) is 4.76. The zero-order valence-corrected chi connectivity index (χ0v) is 21.1. The first kappa shape index (κ1) is 25.8. The highest BCUT2D eigenvalue weighted by Crippen LogP contribution is 2.24. The topological polar surface area (TPSA) is 111 Å². The molecule has 0 unspecified atom stereocenters. The second-order valence-electron chi connectivity index (χ2n) is 8.07. The lowest BCUT2D eigenvalue weighted by atomic mass is 10.1. The summed E-state index contributed by atoms with van der Waals surface area (Å²) in [6, 6.07) is 16.3. The van der Waals surface area contributed by atoms with Gasteiger partial charge in [-0.05, 0) is 69.7 Å². The van der Waals surface area contributed by atoms with Gasteiger partial charge in [0.1, 0.15) is 5.75 Å². The molecule has 3 N–H and O–H groups in total. The van der Waals surface area contributed by atoms with E-state index in [4.69, 9.17) is 0 Å². The number of benzene rings is 3. The summed E-state index contributed by atoms with van der Waals surface area (Å²) in [4.78, 5) is 14.6. The van der Waals surface area contributed by atoms with Crippen LogP contribution >= 0.6 is 0 Å². The number of anilines is 2. The van der Waals surface area contributed by atoms with Gasteiger partial charge in [-0.15, -0.1) is 0 Å². The lowest BCUT2D eigenvalue weighted by Gasteiger charge is -2.21. The number of carbonyl (C=O) groups excluding carboxylic acids is 1. The maximum atomic E-state index is 12.9. The Labute approximate surface area is 206 Å². The van der Waals surface area contributed by atoms with Crippen LogP contribution in [-0.4, -0.2) is 38.7 Å². The van der Waals surface area contributed by atoms with E-state index in [1.807, 2.05) is 45.9 Å². The molecule has 9 heteroatoms. The number of hydrogen-bond donors (Lipinski definition) is 3. The second kappa shape index (κ2) is 11.1. The molecule has 0 aliphatic carbocycles. The number of phenols is 1. The second-order valence-corrected chi connectivity index (χ2v) is 9.75. The predicted molar refractivity (Wildman–Crippen MR) is 140 cm³/mol. The number of aromatic hydroxyl groups is 1. The fraction of sp³-hybridized carbons (Fsp3) is 0.231. The van der Waals surface area contributed by atoms with Crippen molar-refractivity contribution in [3.63, 3.8) is 0 Å². The molecule has 0 aliphatic rings. The van der Waals surface area contributed by atoms with Gasteiger partial charge in [-0.3, -0.25) is 9.52 Å². The van der Waals surface area contributed by atoms with Crippen molar-refractivity contribution in [2.75, 3.05) is 22.7 Å². The highest BCUT2D eigenvalue weighted by atomic mass is 32.2. The molecule has 0 saturated carbocycles. The van der Waals surface area contributed by atoms with Gasteiger partial charge in [0.25, 0.3) is 15.9 Å². The van der Waals surface area contributed by atoms with Crippen LogP contribution in [0.3, 0.4) is 0 Å². The van der Waals surface area contributed by atoms with Gasteiger partial charge >= 0.3 is 0 Å². The van der Waals surface area contributed by atoms with Crippen LogP contribution in [0.5, 0.6) is 5.75 Å². The van der Waals surface area contributed by atoms with E-state index in [0.717, 1.165) is 29.9 Å². The van der Waals surface area contributed by atoms with Crippen LogP contribution in [0.2, 0.25) is 0 Å². The monoisotopic (exact) mass is 494 g/mol. The molecule has 3 rings (SSSR count). The summed E-state index contributed by atoms with van der Waals surface area (Å²) in [5, 5.41) is 14.2. The number of hydrogen-bond acceptors (Lipinski definition) is 6. The number of amides is 1.